The van der Waals surface area contributed by atoms with Crippen molar-refractivity contribution in [1.29, 1.82) is 0 Å². The first-order chi connectivity index (χ1) is 13.1. The van der Waals surface area contributed by atoms with Crippen LogP contribution in [0.2, 0.25) is 0 Å². The summed E-state index contributed by atoms with van der Waals surface area (Å²) in [6.45, 7) is 5.96. The molecule has 5 nitrogen and oxygen atoms in total. The van der Waals surface area contributed by atoms with Crippen molar-refractivity contribution >= 4 is 5.96 Å². The number of fused-ring (bicyclic) bond motifs is 1. The van der Waals surface area contributed by atoms with E-state index in [2.05, 4.69) is 53.7 Å². The summed E-state index contributed by atoms with van der Waals surface area (Å²) in [5.41, 5.74) is 4.01. The second-order valence-electron chi connectivity index (χ2n) is 6.78. The van der Waals surface area contributed by atoms with Crippen molar-refractivity contribution < 1.29 is 13.9 Å². The SMILES string of the molecule is CN=C(NCc1cc(F)cc2c1OCOC2)NCC(C)c1ccc(C)cc1. The van der Waals surface area contributed by atoms with E-state index in [0.717, 1.165) is 17.7 Å². The molecule has 2 aromatic rings. The van der Waals surface area contributed by atoms with E-state index in [-0.39, 0.29) is 12.6 Å². The summed E-state index contributed by atoms with van der Waals surface area (Å²) in [5, 5.41) is 6.56. The molecular formula is C21H26FN3O2. The second-order valence-corrected chi connectivity index (χ2v) is 6.78. The molecule has 0 amide bonds. The molecule has 0 aliphatic carbocycles. The molecule has 0 radical (unpaired) electrons. The lowest BCUT2D eigenvalue weighted by atomic mass is 10.0. The Labute approximate surface area is 159 Å². The average molecular weight is 371 g/mol. The topological polar surface area (TPSA) is 54.9 Å². The molecular weight excluding hydrogens is 345 g/mol. The predicted molar refractivity (Wildman–Crippen MR) is 104 cm³/mol. The Kier molecular flexibility index (Phi) is 6.29. The average Bonchev–Trinajstić information content (AvgIpc) is 2.68. The Morgan fingerprint density at radius 1 is 1.22 bits per heavy atom. The van der Waals surface area contributed by atoms with Crippen LogP contribution in [-0.4, -0.2) is 26.3 Å². The fourth-order valence-corrected chi connectivity index (χ4v) is 3.05. The third-order valence-corrected chi connectivity index (χ3v) is 4.64. The first kappa shape index (κ1) is 19.2. The molecule has 1 aliphatic heterocycles. The standard InChI is InChI=1S/C21H26FN3O2/c1-14-4-6-16(7-5-14)15(2)10-24-21(23-3)25-11-17-8-19(22)9-18-12-26-13-27-20(17)18/h4-9,15H,10-13H2,1-3H3,(H2,23,24,25). The minimum atomic E-state index is -0.296. The highest BCUT2D eigenvalue weighted by Gasteiger charge is 2.17. The highest BCUT2D eigenvalue weighted by molar-refractivity contribution is 5.79. The molecule has 27 heavy (non-hydrogen) atoms. The van der Waals surface area contributed by atoms with Crippen molar-refractivity contribution in [2.45, 2.75) is 32.9 Å². The summed E-state index contributed by atoms with van der Waals surface area (Å²) in [4.78, 5) is 4.25. The lowest BCUT2D eigenvalue weighted by Gasteiger charge is -2.22. The molecule has 6 heteroatoms. The van der Waals surface area contributed by atoms with Crippen LogP contribution in [-0.2, 0) is 17.9 Å². The molecule has 0 aromatic heterocycles. The Bertz CT molecular complexity index is 806. The number of nitrogens with zero attached hydrogens (tertiary/aromatic N) is 1. The van der Waals surface area contributed by atoms with Gasteiger partial charge in [-0.25, -0.2) is 4.39 Å². The number of nitrogens with one attached hydrogen (secondary N) is 2. The monoisotopic (exact) mass is 371 g/mol. The van der Waals surface area contributed by atoms with E-state index in [1.807, 2.05) is 0 Å². The summed E-state index contributed by atoms with van der Waals surface area (Å²) in [5.74, 6) is 1.40. The quantitative estimate of drug-likeness (QED) is 0.624. The van der Waals surface area contributed by atoms with Crippen molar-refractivity contribution in [1.82, 2.24) is 10.6 Å². The van der Waals surface area contributed by atoms with Gasteiger partial charge in [-0.3, -0.25) is 4.99 Å². The van der Waals surface area contributed by atoms with Crippen molar-refractivity contribution in [3.05, 3.63) is 64.5 Å². The summed E-state index contributed by atoms with van der Waals surface area (Å²) in [6, 6.07) is 11.5. The number of aliphatic imine (C=N–C) groups is 1. The number of benzene rings is 2. The van der Waals surface area contributed by atoms with Gasteiger partial charge in [-0.1, -0.05) is 36.8 Å². The molecule has 0 saturated heterocycles. The first-order valence-electron chi connectivity index (χ1n) is 9.09. The lowest BCUT2D eigenvalue weighted by molar-refractivity contribution is -0.0172. The highest BCUT2D eigenvalue weighted by atomic mass is 19.1. The molecule has 0 fully saturated rings. The van der Waals surface area contributed by atoms with Gasteiger partial charge in [-0.15, -0.1) is 0 Å². The molecule has 1 unspecified atom stereocenters. The van der Waals surface area contributed by atoms with Crippen LogP contribution in [0.3, 0.4) is 0 Å². The fourth-order valence-electron chi connectivity index (χ4n) is 3.05. The van der Waals surface area contributed by atoms with E-state index in [1.165, 1.54) is 23.3 Å². The van der Waals surface area contributed by atoms with Gasteiger partial charge < -0.3 is 20.1 Å². The maximum atomic E-state index is 13.8. The Balaban J connectivity index is 1.58. The predicted octanol–water partition coefficient (Wildman–Crippen LogP) is 3.47. The molecule has 1 aliphatic rings. The van der Waals surface area contributed by atoms with Crippen LogP contribution in [0.4, 0.5) is 4.39 Å². The molecule has 1 heterocycles. The van der Waals surface area contributed by atoms with Crippen LogP contribution in [0, 0.1) is 12.7 Å². The molecule has 144 valence electrons. The number of aryl methyl sites for hydroxylation is 1. The molecule has 0 spiro atoms. The van der Waals surface area contributed by atoms with Crippen LogP contribution < -0.4 is 15.4 Å². The second kappa shape index (κ2) is 8.86. The smallest absolute Gasteiger partial charge is 0.191 e. The van der Waals surface area contributed by atoms with Crippen LogP contribution >= 0.6 is 0 Å². The van der Waals surface area contributed by atoms with Crippen molar-refractivity contribution in [3.63, 3.8) is 0 Å². The third-order valence-electron chi connectivity index (χ3n) is 4.64. The molecule has 0 saturated carbocycles. The van der Waals surface area contributed by atoms with Gasteiger partial charge in [0.1, 0.15) is 11.6 Å². The maximum Gasteiger partial charge on any atom is 0.191 e. The largest absolute Gasteiger partial charge is 0.467 e. The van der Waals surface area contributed by atoms with Crippen molar-refractivity contribution in [2.75, 3.05) is 20.4 Å². The minimum absolute atomic E-state index is 0.187. The van der Waals surface area contributed by atoms with E-state index >= 15 is 0 Å². The Morgan fingerprint density at radius 2 is 2.00 bits per heavy atom. The zero-order valence-corrected chi connectivity index (χ0v) is 16.0. The van der Waals surface area contributed by atoms with E-state index in [4.69, 9.17) is 9.47 Å². The van der Waals surface area contributed by atoms with Gasteiger partial charge in [0.15, 0.2) is 12.8 Å². The molecule has 3 rings (SSSR count). The summed E-state index contributed by atoms with van der Waals surface area (Å²) < 4.78 is 24.6. The number of hydrogen-bond donors (Lipinski definition) is 2. The minimum Gasteiger partial charge on any atom is -0.467 e. The van der Waals surface area contributed by atoms with Crippen LogP contribution in [0.25, 0.3) is 0 Å². The number of hydrogen-bond acceptors (Lipinski definition) is 3. The maximum absolute atomic E-state index is 13.8. The van der Waals surface area contributed by atoms with Gasteiger partial charge >= 0.3 is 0 Å². The number of halogens is 1. The number of ether oxygens (including phenoxy) is 2. The zero-order chi connectivity index (χ0) is 19.2. The van der Waals surface area contributed by atoms with Gasteiger partial charge in [0.05, 0.1) is 6.61 Å². The normalized spacial score (nSPS) is 14.9. The third kappa shape index (κ3) is 4.98. The van der Waals surface area contributed by atoms with E-state index in [0.29, 0.717) is 30.8 Å². The Hall–Kier alpha value is -2.60. The summed E-state index contributed by atoms with van der Waals surface area (Å²) >= 11 is 0. The lowest BCUT2D eigenvalue weighted by Crippen LogP contribution is -2.38. The van der Waals surface area contributed by atoms with Gasteiger partial charge in [-0.2, -0.15) is 0 Å². The highest BCUT2D eigenvalue weighted by Crippen LogP contribution is 2.29. The zero-order valence-electron chi connectivity index (χ0n) is 16.0. The van der Waals surface area contributed by atoms with E-state index < -0.39 is 0 Å². The molecule has 0 bridgehead atoms. The van der Waals surface area contributed by atoms with Crippen molar-refractivity contribution in [3.8, 4) is 5.75 Å². The van der Waals surface area contributed by atoms with Gasteiger partial charge in [-0.05, 0) is 30.5 Å². The molecule has 2 N–H and O–H groups in total. The van der Waals surface area contributed by atoms with E-state index in [1.54, 1.807) is 7.05 Å². The van der Waals surface area contributed by atoms with Crippen LogP contribution in [0.15, 0.2) is 41.4 Å². The van der Waals surface area contributed by atoms with Crippen molar-refractivity contribution in [2.24, 2.45) is 4.99 Å². The Morgan fingerprint density at radius 3 is 2.74 bits per heavy atom. The van der Waals surface area contributed by atoms with Gasteiger partial charge in [0.2, 0.25) is 0 Å². The summed E-state index contributed by atoms with van der Waals surface area (Å²) in [7, 11) is 1.72. The van der Waals surface area contributed by atoms with E-state index in [9.17, 15) is 4.39 Å². The van der Waals surface area contributed by atoms with Crippen LogP contribution in [0.5, 0.6) is 5.75 Å². The van der Waals surface area contributed by atoms with Gasteiger partial charge in [0.25, 0.3) is 0 Å². The molecule has 1 atom stereocenters. The molecule has 2 aromatic carbocycles. The number of guanidine groups is 1. The summed E-state index contributed by atoms with van der Waals surface area (Å²) in [6.07, 6.45) is 0. The van der Waals surface area contributed by atoms with Crippen LogP contribution in [0.1, 0.15) is 35.1 Å². The fraction of sp³-hybridized carbons (Fsp3) is 0.381. The first-order valence-corrected chi connectivity index (χ1v) is 9.09. The number of rotatable bonds is 5. The van der Waals surface area contributed by atoms with Gasteiger partial charge in [0, 0.05) is 31.3 Å².